The Morgan fingerprint density at radius 3 is 2.02 bits per heavy atom. The predicted molar refractivity (Wildman–Crippen MR) is 177 cm³/mol. The molecule has 3 amide bonds. The molecule has 0 fully saturated rings. The van der Waals surface area contributed by atoms with Crippen molar-refractivity contribution in [2.24, 2.45) is 11.7 Å². The van der Waals surface area contributed by atoms with Crippen LogP contribution in [0.1, 0.15) is 106 Å². The number of rotatable bonds is 24. The summed E-state index contributed by atoms with van der Waals surface area (Å²) in [5.41, 5.74) is 4.50. The number of hydrogen-bond acceptors (Lipinski definition) is 8. The fourth-order valence-corrected chi connectivity index (χ4v) is 6.63. The smallest absolute Gasteiger partial charge is 0.317 e. The first kappa shape index (κ1) is 42.2. The number of carboxylic acids is 2. The third-order valence-corrected chi connectivity index (χ3v) is 10.7. The molecule has 0 aromatic heterocycles. The molecule has 45 heavy (non-hydrogen) atoms. The van der Waals surface area contributed by atoms with Crippen LogP contribution in [-0.2, 0) is 28.7 Å². The van der Waals surface area contributed by atoms with Crippen LogP contribution in [0.25, 0.3) is 0 Å². The van der Waals surface area contributed by atoms with Crippen LogP contribution in [0.5, 0.6) is 0 Å². The normalized spacial score (nSPS) is 16.2. The van der Waals surface area contributed by atoms with E-state index in [2.05, 4.69) is 21.9 Å². The van der Waals surface area contributed by atoms with Crippen molar-refractivity contribution >= 4 is 41.4 Å². The van der Waals surface area contributed by atoms with E-state index >= 15 is 0 Å². The standard InChI is InChI=1S/C32H56N4O8S/c1-9-22(10-2)32(13-5,14-6)45-24(29(42)43)19-25(37)35-23(20-33)28(41)34-21-26(38)36-30(7,11-3)17-18-44-31(8,12-4)16-15-27(39)40/h1,22-24H,10-21,33H2,2-8H3,(H,34,41)(H,35,37)(H,36,38)(H,39,40)(H,42,43). The van der Waals surface area contributed by atoms with Gasteiger partial charge in [0.15, 0.2) is 0 Å². The lowest BCUT2D eigenvalue weighted by Crippen LogP contribution is -2.54. The molecule has 0 saturated heterocycles. The largest absolute Gasteiger partial charge is 0.481 e. The van der Waals surface area contributed by atoms with Crippen LogP contribution in [0.15, 0.2) is 0 Å². The maximum atomic E-state index is 12.9. The van der Waals surface area contributed by atoms with Crippen molar-refractivity contribution in [3.63, 3.8) is 0 Å². The molecule has 0 heterocycles. The lowest BCUT2D eigenvalue weighted by molar-refractivity contribution is -0.139. The number of carbonyl (C=O) groups excluding carboxylic acids is 3. The van der Waals surface area contributed by atoms with Crippen LogP contribution < -0.4 is 21.7 Å². The van der Waals surface area contributed by atoms with Gasteiger partial charge in [-0.25, -0.2) is 0 Å². The van der Waals surface area contributed by atoms with E-state index in [9.17, 15) is 29.1 Å². The second kappa shape index (κ2) is 20.3. The third-order valence-electron chi connectivity index (χ3n) is 8.72. The van der Waals surface area contributed by atoms with Crippen molar-refractivity contribution in [1.82, 2.24) is 16.0 Å². The highest BCUT2D eigenvalue weighted by Crippen LogP contribution is 2.44. The lowest BCUT2D eigenvalue weighted by Gasteiger charge is -2.38. The molecule has 13 heteroatoms. The van der Waals surface area contributed by atoms with Crippen LogP contribution in [0, 0.1) is 18.3 Å². The first-order valence-corrected chi connectivity index (χ1v) is 16.7. The number of amides is 3. The quantitative estimate of drug-likeness (QED) is 0.0840. The average molecular weight is 657 g/mol. The van der Waals surface area contributed by atoms with Crippen LogP contribution >= 0.6 is 11.8 Å². The Morgan fingerprint density at radius 1 is 0.956 bits per heavy atom. The zero-order valence-corrected chi connectivity index (χ0v) is 28.9. The lowest BCUT2D eigenvalue weighted by atomic mass is 9.85. The number of thioether (sulfide) groups is 1. The maximum Gasteiger partial charge on any atom is 0.317 e. The van der Waals surface area contributed by atoms with Crippen LogP contribution in [-0.4, -0.2) is 86.7 Å². The summed E-state index contributed by atoms with van der Waals surface area (Å²) in [4.78, 5) is 61.4. The Balaban J connectivity index is 5.17. The third kappa shape index (κ3) is 14.4. The molecule has 0 rings (SSSR count). The maximum absolute atomic E-state index is 12.9. The van der Waals surface area contributed by atoms with E-state index in [1.54, 1.807) is 0 Å². The second-order valence-corrected chi connectivity index (χ2v) is 13.5. The second-order valence-electron chi connectivity index (χ2n) is 11.9. The minimum Gasteiger partial charge on any atom is -0.481 e. The molecule has 0 aromatic rings. The molecule has 0 aliphatic rings. The highest BCUT2D eigenvalue weighted by Gasteiger charge is 2.40. The minimum absolute atomic E-state index is 0.000526. The predicted octanol–water partition coefficient (Wildman–Crippen LogP) is 3.07. The molecule has 5 atom stereocenters. The van der Waals surface area contributed by atoms with Gasteiger partial charge in [-0.1, -0.05) is 34.6 Å². The fraction of sp³-hybridized carbons (Fsp3) is 0.781. The topological polar surface area (TPSA) is 197 Å². The SMILES string of the molecule is C#CC(CC)C(CC)(CC)SC(CC(=O)NC(CN)C(=O)NCC(=O)NC(C)(CC)CCOC(C)(CC)CCC(=O)O)C(=O)O. The molecule has 0 bridgehead atoms. The Kier molecular flexibility index (Phi) is 19.1. The molecular weight excluding hydrogens is 600 g/mol. The van der Waals surface area contributed by atoms with E-state index in [0.717, 1.165) is 0 Å². The molecule has 0 radical (unpaired) electrons. The Labute approximate surface area is 273 Å². The van der Waals surface area contributed by atoms with Gasteiger partial charge in [-0.15, -0.1) is 24.1 Å². The fourth-order valence-electron chi connectivity index (χ4n) is 4.99. The summed E-state index contributed by atoms with van der Waals surface area (Å²) in [7, 11) is 0. The number of ether oxygens (including phenoxy) is 1. The highest BCUT2D eigenvalue weighted by molar-refractivity contribution is 8.02. The van der Waals surface area contributed by atoms with E-state index in [-0.39, 0.29) is 31.8 Å². The van der Waals surface area contributed by atoms with Gasteiger partial charge in [-0.05, 0) is 58.8 Å². The van der Waals surface area contributed by atoms with Gasteiger partial charge < -0.3 is 36.6 Å². The summed E-state index contributed by atoms with van der Waals surface area (Å²) < 4.78 is 5.49. The summed E-state index contributed by atoms with van der Waals surface area (Å²) in [6.45, 7) is 13.1. The van der Waals surface area contributed by atoms with Gasteiger partial charge in [-0.2, -0.15) is 0 Å². The van der Waals surface area contributed by atoms with Crippen molar-refractivity contribution in [1.29, 1.82) is 0 Å². The van der Waals surface area contributed by atoms with Gasteiger partial charge >= 0.3 is 11.9 Å². The minimum atomic E-state index is -1.16. The zero-order chi connectivity index (χ0) is 34.8. The molecule has 0 saturated carbocycles. The number of carboxylic acid groups (broad SMARTS) is 2. The van der Waals surface area contributed by atoms with Gasteiger partial charge in [-0.3, -0.25) is 24.0 Å². The molecule has 0 spiro atoms. The van der Waals surface area contributed by atoms with Crippen molar-refractivity contribution in [3.8, 4) is 12.3 Å². The van der Waals surface area contributed by atoms with Crippen molar-refractivity contribution in [3.05, 3.63) is 0 Å². The van der Waals surface area contributed by atoms with Crippen LogP contribution in [0.2, 0.25) is 0 Å². The monoisotopic (exact) mass is 656 g/mol. The Morgan fingerprint density at radius 2 is 1.58 bits per heavy atom. The molecule has 12 nitrogen and oxygen atoms in total. The first-order valence-electron chi connectivity index (χ1n) is 15.8. The number of nitrogens with two attached hydrogens (primary N) is 1. The average Bonchev–Trinajstić information content (AvgIpc) is 3.00. The van der Waals surface area contributed by atoms with Gasteiger partial charge in [0.2, 0.25) is 17.7 Å². The number of hydrogen-bond donors (Lipinski definition) is 6. The summed E-state index contributed by atoms with van der Waals surface area (Å²) in [6, 6.07) is -1.16. The zero-order valence-electron chi connectivity index (χ0n) is 28.1. The van der Waals surface area contributed by atoms with Crippen LogP contribution in [0.4, 0.5) is 0 Å². The summed E-state index contributed by atoms with van der Waals surface area (Å²) >= 11 is 1.19. The molecule has 0 aromatic carbocycles. The van der Waals surface area contributed by atoms with Crippen molar-refractivity contribution in [2.75, 3.05) is 19.7 Å². The van der Waals surface area contributed by atoms with Gasteiger partial charge in [0.25, 0.3) is 0 Å². The molecule has 0 aliphatic carbocycles. The molecule has 0 aliphatic heterocycles. The van der Waals surface area contributed by atoms with Crippen molar-refractivity contribution in [2.45, 2.75) is 133 Å². The van der Waals surface area contributed by atoms with E-state index in [1.807, 2.05) is 48.5 Å². The van der Waals surface area contributed by atoms with Crippen LogP contribution in [0.3, 0.4) is 0 Å². The Bertz CT molecular complexity index is 1030. The number of aliphatic carboxylic acids is 2. The van der Waals surface area contributed by atoms with Gasteiger partial charge in [0.05, 0.1) is 12.1 Å². The van der Waals surface area contributed by atoms with E-state index in [0.29, 0.717) is 51.6 Å². The van der Waals surface area contributed by atoms with Crippen molar-refractivity contribution < 1.29 is 38.9 Å². The first-order chi connectivity index (χ1) is 21.0. The van der Waals surface area contributed by atoms with E-state index < -0.39 is 56.8 Å². The van der Waals surface area contributed by atoms with Gasteiger partial charge in [0, 0.05) is 42.2 Å². The van der Waals surface area contributed by atoms with E-state index in [1.165, 1.54) is 11.8 Å². The summed E-state index contributed by atoms with van der Waals surface area (Å²) in [6.07, 6.45) is 9.36. The molecule has 7 N–H and O–H groups in total. The number of terminal acetylenes is 1. The molecular formula is C32H56N4O8S. The molecule has 258 valence electrons. The van der Waals surface area contributed by atoms with E-state index in [4.69, 9.17) is 22.0 Å². The number of carbonyl (C=O) groups is 5. The number of nitrogens with one attached hydrogen (secondary N) is 3. The highest BCUT2D eigenvalue weighted by atomic mass is 32.2. The molecule has 5 unspecified atom stereocenters. The Hall–Kier alpha value is -2.82. The summed E-state index contributed by atoms with van der Waals surface area (Å²) in [5.74, 6) is -1.20. The van der Waals surface area contributed by atoms with Gasteiger partial charge in [0.1, 0.15) is 11.3 Å². The summed E-state index contributed by atoms with van der Waals surface area (Å²) in [5, 5.41) is 25.7.